The van der Waals surface area contributed by atoms with Crippen LogP contribution in [0.5, 0.6) is 0 Å². The molecule has 122 valence electrons. The Balaban J connectivity index is 1.88. The van der Waals surface area contributed by atoms with Crippen molar-refractivity contribution in [1.29, 1.82) is 0 Å². The smallest absolute Gasteiger partial charge is 0.237 e. The minimum Gasteiger partial charge on any atom is -0.348 e. The second-order valence-electron chi connectivity index (χ2n) is 5.99. The predicted molar refractivity (Wildman–Crippen MR) is 95.0 cm³/mol. The number of rotatable bonds is 8. The lowest BCUT2D eigenvalue weighted by atomic mass is 9.98. The van der Waals surface area contributed by atoms with Crippen molar-refractivity contribution in [2.24, 2.45) is 5.73 Å². The lowest BCUT2D eigenvalue weighted by Gasteiger charge is -2.20. The SMILES string of the molecule is C[C@H](N)C(=O)NC(CCCCc1ccccc1)c1ccccc1. The first-order chi connectivity index (χ1) is 11.2. The Morgan fingerprint density at radius 2 is 1.61 bits per heavy atom. The van der Waals surface area contributed by atoms with Gasteiger partial charge in [-0.05, 0) is 37.3 Å². The Bertz CT molecular complexity index is 581. The number of benzene rings is 2. The fourth-order valence-electron chi connectivity index (χ4n) is 2.63. The Hall–Kier alpha value is -2.13. The van der Waals surface area contributed by atoms with E-state index in [1.54, 1.807) is 6.92 Å². The number of unbranched alkanes of at least 4 members (excludes halogenated alkanes) is 1. The van der Waals surface area contributed by atoms with Crippen LogP contribution in [0.15, 0.2) is 60.7 Å². The van der Waals surface area contributed by atoms with E-state index in [-0.39, 0.29) is 11.9 Å². The van der Waals surface area contributed by atoms with E-state index in [4.69, 9.17) is 5.73 Å². The first kappa shape index (κ1) is 17.2. The highest BCUT2D eigenvalue weighted by atomic mass is 16.2. The number of carbonyl (C=O) groups is 1. The summed E-state index contributed by atoms with van der Waals surface area (Å²) in [5.41, 5.74) is 8.19. The van der Waals surface area contributed by atoms with Gasteiger partial charge in [-0.25, -0.2) is 0 Å². The van der Waals surface area contributed by atoms with Gasteiger partial charge in [0.25, 0.3) is 0 Å². The Labute approximate surface area is 138 Å². The fraction of sp³-hybridized carbons (Fsp3) is 0.350. The highest BCUT2D eigenvalue weighted by molar-refractivity contribution is 5.81. The maximum atomic E-state index is 11.9. The number of nitrogens with one attached hydrogen (secondary N) is 1. The summed E-state index contributed by atoms with van der Waals surface area (Å²) in [6.45, 7) is 1.72. The van der Waals surface area contributed by atoms with Crippen molar-refractivity contribution in [3.63, 3.8) is 0 Å². The van der Waals surface area contributed by atoms with Crippen molar-refractivity contribution in [3.05, 3.63) is 71.8 Å². The third-order valence-corrected chi connectivity index (χ3v) is 3.98. The second-order valence-corrected chi connectivity index (χ2v) is 5.99. The topological polar surface area (TPSA) is 55.1 Å². The van der Waals surface area contributed by atoms with E-state index in [1.807, 2.05) is 24.3 Å². The van der Waals surface area contributed by atoms with Crippen molar-refractivity contribution >= 4 is 5.91 Å². The molecule has 0 radical (unpaired) electrons. The fourth-order valence-corrected chi connectivity index (χ4v) is 2.63. The molecule has 1 amide bonds. The molecule has 0 heterocycles. The van der Waals surface area contributed by atoms with E-state index >= 15 is 0 Å². The molecule has 3 nitrogen and oxygen atoms in total. The molecule has 0 saturated heterocycles. The van der Waals surface area contributed by atoms with Crippen LogP contribution in [-0.2, 0) is 11.2 Å². The van der Waals surface area contributed by atoms with Gasteiger partial charge in [0, 0.05) is 0 Å². The van der Waals surface area contributed by atoms with Gasteiger partial charge in [0.1, 0.15) is 0 Å². The van der Waals surface area contributed by atoms with Crippen molar-refractivity contribution in [1.82, 2.24) is 5.32 Å². The molecule has 0 aromatic heterocycles. The van der Waals surface area contributed by atoms with E-state index in [2.05, 4.69) is 41.7 Å². The second kappa shape index (κ2) is 9.11. The summed E-state index contributed by atoms with van der Waals surface area (Å²) in [5.74, 6) is -0.0955. The summed E-state index contributed by atoms with van der Waals surface area (Å²) < 4.78 is 0. The lowest BCUT2D eigenvalue weighted by Crippen LogP contribution is -2.40. The Morgan fingerprint density at radius 1 is 1.00 bits per heavy atom. The molecule has 2 atom stereocenters. The van der Waals surface area contributed by atoms with E-state index in [0.29, 0.717) is 0 Å². The molecular weight excluding hydrogens is 284 g/mol. The van der Waals surface area contributed by atoms with E-state index in [0.717, 1.165) is 31.2 Å². The molecule has 1 unspecified atom stereocenters. The molecule has 3 N–H and O–H groups in total. The molecule has 3 heteroatoms. The van der Waals surface area contributed by atoms with Gasteiger partial charge in [-0.15, -0.1) is 0 Å². The zero-order valence-electron chi connectivity index (χ0n) is 13.7. The monoisotopic (exact) mass is 310 g/mol. The van der Waals surface area contributed by atoms with Crippen molar-refractivity contribution in [3.8, 4) is 0 Å². The number of amides is 1. The third-order valence-electron chi connectivity index (χ3n) is 3.98. The van der Waals surface area contributed by atoms with Gasteiger partial charge in [0.05, 0.1) is 12.1 Å². The van der Waals surface area contributed by atoms with Crippen LogP contribution in [0.1, 0.15) is 43.4 Å². The molecule has 0 aliphatic heterocycles. The van der Waals surface area contributed by atoms with E-state index in [1.165, 1.54) is 5.56 Å². The molecule has 2 aromatic rings. The number of carbonyl (C=O) groups excluding carboxylic acids is 1. The van der Waals surface area contributed by atoms with Crippen LogP contribution >= 0.6 is 0 Å². The minimum atomic E-state index is -0.481. The van der Waals surface area contributed by atoms with Crippen LogP contribution in [0.25, 0.3) is 0 Å². The molecule has 0 aliphatic carbocycles. The molecule has 0 aliphatic rings. The highest BCUT2D eigenvalue weighted by Gasteiger charge is 2.16. The minimum absolute atomic E-state index is 0.0328. The average Bonchev–Trinajstić information content (AvgIpc) is 2.59. The largest absolute Gasteiger partial charge is 0.348 e. The summed E-state index contributed by atoms with van der Waals surface area (Å²) in [6.07, 6.45) is 4.17. The Kier molecular flexibility index (Phi) is 6.82. The summed E-state index contributed by atoms with van der Waals surface area (Å²) in [4.78, 5) is 11.9. The molecule has 0 fully saturated rings. The quantitative estimate of drug-likeness (QED) is 0.732. The standard InChI is InChI=1S/C20H26N2O/c1-16(21)20(23)22-19(18-13-6-3-7-14-18)15-9-8-12-17-10-4-2-5-11-17/h2-7,10-11,13-14,16,19H,8-9,12,15,21H2,1H3,(H,22,23)/t16-,19?/m0/s1. The predicted octanol–water partition coefficient (Wildman–Crippen LogP) is 3.60. The number of nitrogens with two attached hydrogens (primary N) is 1. The summed E-state index contributed by atoms with van der Waals surface area (Å²) in [5, 5.41) is 3.07. The van der Waals surface area contributed by atoms with Gasteiger partial charge in [0.2, 0.25) is 5.91 Å². The van der Waals surface area contributed by atoms with Crippen LogP contribution in [0.4, 0.5) is 0 Å². The molecule has 0 saturated carbocycles. The van der Waals surface area contributed by atoms with Gasteiger partial charge in [-0.2, -0.15) is 0 Å². The van der Waals surface area contributed by atoms with Gasteiger partial charge in [-0.1, -0.05) is 67.1 Å². The first-order valence-electron chi connectivity index (χ1n) is 8.31. The van der Waals surface area contributed by atoms with Gasteiger partial charge >= 0.3 is 0 Å². The maximum Gasteiger partial charge on any atom is 0.237 e. The number of aryl methyl sites for hydroxylation is 1. The molecule has 2 rings (SSSR count). The van der Waals surface area contributed by atoms with Gasteiger partial charge in [0.15, 0.2) is 0 Å². The zero-order valence-corrected chi connectivity index (χ0v) is 13.7. The molecule has 0 spiro atoms. The van der Waals surface area contributed by atoms with Gasteiger partial charge in [-0.3, -0.25) is 4.79 Å². The Morgan fingerprint density at radius 3 is 2.22 bits per heavy atom. The van der Waals surface area contributed by atoms with Crippen molar-refractivity contribution in [2.45, 2.75) is 44.7 Å². The summed E-state index contributed by atoms with van der Waals surface area (Å²) in [6, 6.07) is 20.2. The number of hydrogen-bond donors (Lipinski definition) is 2. The summed E-state index contributed by atoms with van der Waals surface area (Å²) in [7, 11) is 0. The normalized spacial score (nSPS) is 13.3. The highest BCUT2D eigenvalue weighted by Crippen LogP contribution is 2.20. The van der Waals surface area contributed by atoms with Crippen molar-refractivity contribution < 1.29 is 4.79 Å². The summed E-state index contributed by atoms with van der Waals surface area (Å²) >= 11 is 0. The number of hydrogen-bond acceptors (Lipinski definition) is 2. The van der Waals surface area contributed by atoms with Crippen LogP contribution in [0.3, 0.4) is 0 Å². The van der Waals surface area contributed by atoms with Crippen LogP contribution < -0.4 is 11.1 Å². The zero-order chi connectivity index (χ0) is 16.5. The lowest BCUT2D eigenvalue weighted by molar-refractivity contribution is -0.122. The third kappa shape index (κ3) is 5.87. The van der Waals surface area contributed by atoms with Crippen LogP contribution in [0, 0.1) is 0 Å². The van der Waals surface area contributed by atoms with E-state index < -0.39 is 6.04 Å². The van der Waals surface area contributed by atoms with Crippen LogP contribution in [-0.4, -0.2) is 11.9 Å². The van der Waals surface area contributed by atoms with Crippen LogP contribution in [0.2, 0.25) is 0 Å². The first-order valence-corrected chi connectivity index (χ1v) is 8.31. The maximum absolute atomic E-state index is 11.9. The van der Waals surface area contributed by atoms with E-state index in [9.17, 15) is 4.79 Å². The molecule has 0 bridgehead atoms. The molecular formula is C20H26N2O. The molecule has 23 heavy (non-hydrogen) atoms. The molecule has 2 aromatic carbocycles. The van der Waals surface area contributed by atoms with Crippen molar-refractivity contribution in [2.75, 3.05) is 0 Å². The average molecular weight is 310 g/mol. The van der Waals surface area contributed by atoms with Gasteiger partial charge < -0.3 is 11.1 Å².